The van der Waals surface area contributed by atoms with Gasteiger partial charge in [-0.2, -0.15) is 0 Å². The summed E-state index contributed by atoms with van der Waals surface area (Å²) in [5, 5.41) is 8.72. The van der Waals surface area contributed by atoms with Crippen molar-refractivity contribution in [3.63, 3.8) is 0 Å². The van der Waals surface area contributed by atoms with Gasteiger partial charge >= 0.3 is 6.09 Å². The lowest BCUT2D eigenvalue weighted by molar-refractivity contribution is 0.166. The lowest BCUT2D eigenvalue weighted by Crippen LogP contribution is -2.12. The monoisotopic (exact) mass is 380 g/mol. The molecule has 0 aromatic heterocycles. The highest BCUT2D eigenvalue weighted by Crippen LogP contribution is 2.23. The Labute approximate surface area is 169 Å². The fourth-order valence-electron chi connectivity index (χ4n) is 3.16. The minimum absolute atomic E-state index is 0.623. The molecule has 0 aliphatic carbocycles. The van der Waals surface area contributed by atoms with Crippen LogP contribution in [0.15, 0.2) is 102 Å². The SMILES string of the molecule is C/C(=N\OC(=O)Nc1cccc2ccccc12)c1ccc(-c2ccccc2)cc1. The Hall–Kier alpha value is -3.92. The van der Waals surface area contributed by atoms with Crippen molar-refractivity contribution in [1.29, 1.82) is 0 Å². The van der Waals surface area contributed by atoms with Crippen molar-refractivity contribution in [2.45, 2.75) is 6.92 Å². The first kappa shape index (κ1) is 18.4. The molecule has 29 heavy (non-hydrogen) atoms. The van der Waals surface area contributed by atoms with Crippen molar-refractivity contribution in [2.75, 3.05) is 5.32 Å². The standard InChI is InChI=1S/C25H20N2O2/c1-18(19-14-16-21(17-15-19)20-8-3-2-4-9-20)27-29-25(28)26-24-13-7-11-22-10-5-6-12-23(22)24/h2-17H,1H3,(H,26,28)/b27-18+. The Kier molecular flexibility index (Phi) is 5.34. The summed E-state index contributed by atoms with van der Waals surface area (Å²) in [5.74, 6) is 0. The van der Waals surface area contributed by atoms with E-state index in [-0.39, 0.29) is 0 Å². The van der Waals surface area contributed by atoms with E-state index in [9.17, 15) is 4.79 Å². The number of fused-ring (bicyclic) bond motifs is 1. The number of nitrogens with one attached hydrogen (secondary N) is 1. The van der Waals surface area contributed by atoms with Gasteiger partial charge in [-0.3, -0.25) is 10.2 Å². The van der Waals surface area contributed by atoms with E-state index in [1.54, 1.807) is 0 Å². The van der Waals surface area contributed by atoms with Gasteiger partial charge in [0.15, 0.2) is 0 Å². The minimum Gasteiger partial charge on any atom is -0.298 e. The van der Waals surface area contributed by atoms with E-state index in [4.69, 9.17) is 4.84 Å². The van der Waals surface area contributed by atoms with Gasteiger partial charge in [-0.25, -0.2) is 4.79 Å². The fourth-order valence-corrected chi connectivity index (χ4v) is 3.16. The van der Waals surface area contributed by atoms with Crippen LogP contribution in [0.1, 0.15) is 12.5 Å². The van der Waals surface area contributed by atoms with Crippen molar-refractivity contribution in [1.82, 2.24) is 0 Å². The van der Waals surface area contributed by atoms with Gasteiger partial charge in [-0.15, -0.1) is 0 Å². The summed E-state index contributed by atoms with van der Waals surface area (Å²) >= 11 is 0. The van der Waals surface area contributed by atoms with E-state index in [1.165, 1.54) is 0 Å². The van der Waals surface area contributed by atoms with Crippen molar-refractivity contribution < 1.29 is 9.63 Å². The second kappa shape index (κ2) is 8.40. The molecule has 0 unspecified atom stereocenters. The first-order valence-corrected chi connectivity index (χ1v) is 9.37. The molecule has 0 saturated carbocycles. The maximum Gasteiger partial charge on any atom is 0.437 e. The number of nitrogens with zero attached hydrogens (tertiary/aromatic N) is 1. The van der Waals surface area contributed by atoms with E-state index >= 15 is 0 Å². The molecule has 4 aromatic carbocycles. The van der Waals surface area contributed by atoms with E-state index in [0.717, 1.165) is 27.5 Å². The molecule has 1 amide bonds. The molecule has 0 fully saturated rings. The molecule has 0 bridgehead atoms. The van der Waals surface area contributed by atoms with Gasteiger partial charge in [0.2, 0.25) is 0 Å². The number of anilines is 1. The number of carbonyl (C=O) groups excluding carboxylic acids is 1. The number of carbonyl (C=O) groups is 1. The smallest absolute Gasteiger partial charge is 0.298 e. The zero-order valence-electron chi connectivity index (χ0n) is 16.0. The number of hydrogen-bond donors (Lipinski definition) is 1. The van der Waals surface area contributed by atoms with E-state index in [1.807, 2.05) is 91.9 Å². The van der Waals surface area contributed by atoms with Crippen LogP contribution >= 0.6 is 0 Å². The summed E-state index contributed by atoms with van der Waals surface area (Å²) in [4.78, 5) is 17.3. The molecule has 0 saturated heterocycles. The van der Waals surface area contributed by atoms with Gasteiger partial charge in [-0.05, 0) is 35.1 Å². The molecule has 0 radical (unpaired) electrons. The highest BCUT2D eigenvalue weighted by Gasteiger charge is 2.07. The van der Waals surface area contributed by atoms with Gasteiger partial charge in [0.1, 0.15) is 0 Å². The molecule has 4 nitrogen and oxygen atoms in total. The number of rotatable bonds is 4. The van der Waals surface area contributed by atoms with E-state index in [0.29, 0.717) is 11.4 Å². The molecule has 4 rings (SSSR count). The predicted octanol–water partition coefficient (Wildman–Crippen LogP) is 6.48. The van der Waals surface area contributed by atoms with Crippen molar-refractivity contribution >= 4 is 28.3 Å². The minimum atomic E-state index is -0.624. The molecular formula is C25H20N2O2. The summed E-state index contributed by atoms with van der Waals surface area (Å²) in [6.45, 7) is 1.81. The normalized spacial score (nSPS) is 11.3. The first-order chi connectivity index (χ1) is 14.2. The van der Waals surface area contributed by atoms with Crippen LogP contribution in [-0.4, -0.2) is 11.8 Å². The molecule has 0 heterocycles. The summed E-state index contributed by atoms with van der Waals surface area (Å²) in [6.07, 6.45) is -0.624. The molecule has 0 atom stereocenters. The zero-order valence-corrected chi connectivity index (χ0v) is 16.0. The Bertz CT molecular complexity index is 1160. The van der Waals surface area contributed by atoms with Crippen LogP contribution in [-0.2, 0) is 4.84 Å². The predicted molar refractivity (Wildman–Crippen MR) is 118 cm³/mol. The molecule has 1 N–H and O–H groups in total. The molecule has 0 spiro atoms. The third kappa shape index (κ3) is 4.33. The zero-order chi connectivity index (χ0) is 20.1. The maximum atomic E-state index is 12.2. The van der Waals surface area contributed by atoms with Gasteiger partial charge in [0, 0.05) is 5.39 Å². The lowest BCUT2D eigenvalue weighted by Gasteiger charge is -2.07. The van der Waals surface area contributed by atoms with Gasteiger partial charge in [0.05, 0.1) is 11.4 Å². The second-order valence-corrected chi connectivity index (χ2v) is 6.65. The molecular weight excluding hydrogens is 360 g/mol. The van der Waals surface area contributed by atoms with Crippen LogP contribution < -0.4 is 5.32 Å². The van der Waals surface area contributed by atoms with Crippen LogP contribution in [0.25, 0.3) is 21.9 Å². The first-order valence-electron chi connectivity index (χ1n) is 9.37. The molecule has 0 aliphatic rings. The van der Waals surface area contributed by atoms with Crippen molar-refractivity contribution in [3.8, 4) is 11.1 Å². The van der Waals surface area contributed by atoms with Crippen molar-refractivity contribution in [3.05, 3.63) is 103 Å². The highest BCUT2D eigenvalue weighted by atomic mass is 16.7. The van der Waals surface area contributed by atoms with Gasteiger partial charge in [0.25, 0.3) is 0 Å². The average molecular weight is 380 g/mol. The Balaban J connectivity index is 1.43. The summed E-state index contributed by atoms with van der Waals surface area (Å²) in [6, 6.07) is 31.7. The summed E-state index contributed by atoms with van der Waals surface area (Å²) in [5.41, 5.74) is 4.48. The molecule has 4 aromatic rings. The third-order valence-corrected chi connectivity index (χ3v) is 4.70. The van der Waals surface area contributed by atoms with Crippen LogP contribution in [0.5, 0.6) is 0 Å². The summed E-state index contributed by atoms with van der Waals surface area (Å²) in [7, 11) is 0. The number of benzene rings is 4. The number of oxime groups is 1. The highest BCUT2D eigenvalue weighted by molar-refractivity contribution is 6.01. The van der Waals surface area contributed by atoms with Crippen molar-refractivity contribution in [2.24, 2.45) is 5.16 Å². The average Bonchev–Trinajstić information content (AvgIpc) is 2.78. The Morgan fingerprint density at radius 2 is 1.41 bits per heavy atom. The van der Waals surface area contributed by atoms with Gasteiger partial charge < -0.3 is 0 Å². The largest absolute Gasteiger partial charge is 0.437 e. The van der Waals surface area contributed by atoms with Crippen LogP contribution in [0, 0.1) is 0 Å². The quantitative estimate of drug-likeness (QED) is 0.250. The molecule has 0 aliphatic heterocycles. The third-order valence-electron chi connectivity index (χ3n) is 4.70. The Morgan fingerprint density at radius 1 is 0.759 bits per heavy atom. The van der Waals surface area contributed by atoms with Crippen LogP contribution in [0.2, 0.25) is 0 Å². The maximum absolute atomic E-state index is 12.2. The number of hydrogen-bond acceptors (Lipinski definition) is 3. The molecule has 4 heteroatoms. The fraction of sp³-hybridized carbons (Fsp3) is 0.0400. The van der Waals surface area contributed by atoms with E-state index in [2.05, 4.69) is 22.6 Å². The van der Waals surface area contributed by atoms with Gasteiger partial charge in [-0.1, -0.05) is 96.2 Å². The van der Waals surface area contributed by atoms with Crippen LogP contribution in [0.3, 0.4) is 0 Å². The number of amides is 1. The topological polar surface area (TPSA) is 50.7 Å². The molecule has 142 valence electrons. The second-order valence-electron chi connectivity index (χ2n) is 6.65. The lowest BCUT2D eigenvalue weighted by atomic mass is 10.0. The Morgan fingerprint density at radius 3 is 2.21 bits per heavy atom. The van der Waals surface area contributed by atoms with E-state index < -0.39 is 6.09 Å². The van der Waals surface area contributed by atoms with Crippen LogP contribution in [0.4, 0.5) is 10.5 Å². The summed E-state index contributed by atoms with van der Waals surface area (Å²) < 4.78 is 0.